The molecular weight excluding hydrogens is 260 g/mol. The smallest absolute Gasteiger partial charge is 0.0701 e. The van der Waals surface area contributed by atoms with Gasteiger partial charge in [-0.15, -0.1) is 0 Å². The molecule has 0 unspecified atom stereocenters. The van der Waals surface area contributed by atoms with Crippen LogP contribution >= 0.6 is 0 Å². The van der Waals surface area contributed by atoms with Gasteiger partial charge in [0, 0.05) is 36.4 Å². The van der Waals surface area contributed by atoms with Crippen LogP contribution in [0.3, 0.4) is 0 Å². The van der Waals surface area contributed by atoms with E-state index in [0.717, 1.165) is 17.3 Å². The summed E-state index contributed by atoms with van der Waals surface area (Å²) in [6, 6.07) is 9.52. The number of hydrogen-bond acceptors (Lipinski definition) is 3. The number of nitrogens with zero attached hydrogens (tertiary/aromatic N) is 1. The average Bonchev–Trinajstić information content (AvgIpc) is 2.57. The summed E-state index contributed by atoms with van der Waals surface area (Å²) in [5, 5.41) is 13.0. The molecule has 1 aliphatic carbocycles. The molecule has 0 bridgehead atoms. The molecule has 0 amide bonds. The minimum absolute atomic E-state index is 0.115. The van der Waals surface area contributed by atoms with Crippen LogP contribution in [0.1, 0.15) is 50.5 Å². The van der Waals surface area contributed by atoms with Crippen LogP contribution in [0.4, 0.5) is 5.69 Å². The number of aliphatic hydroxyl groups excluding tert-OH is 1. The average molecular weight is 288 g/mol. The van der Waals surface area contributed by atoms with Crippen molar-refractivity contribution in [2.45, 2.75) is 63.6 Å². The molecule has 3 heteroatoms. The quantitative estimate of drug-likeness (QED) is 0.891. The van der Waals surface area contributed by atoms with E-state index >= 15 is 0 Å². The van der Waals surface area contributed by atoms with Crippen LogP contribution in [0, 0.1) is 0 Å². The Morgan fingerprint density at radius 2 is 1.71 bits per heavy atom. The normalized spacial score (nSPS) is 22.3. The van der Waals surface area contributed by atoms with Crippen LogP contribution in [-0.4, -0.2) is 35.2 Å². The maximum Gasteiger partial charge on any atom is 0.0701 e. The Balaban J connectivity index is 1.51. The van der Waals surface area contributed by atoms with E-state index in [1.165, 1.54) is 58.0 Å². The number of para-hydroxylation sites is 1. The molecule has 0 radical (unpaired) electrons. The molecule has 2 fully saturated rings. The summed E-state index contributed by atoms with van der Waals surface area (Å²) in [6.07, 6.45) is 9.54. The van der Waals surface area contributed by atoms with E-state index in [9.17, 15) is 5.11 Å². The molecule has 1 aliphatic heterocycles. The van der Waals surface area contributed by atoms with Crippen molar-refractivity contribution in [2.75, 3.05) is 18.4 Å². The third-order valence-corrected chi connectivity index (χ3v) is 5.17. The zero-order valence-corrected chi connectivity index (χ0v) is 12.9. The van der Waals surface area contributed by atoms with Gasteiger partial charge in [-0.2, -0.15) is 0 Å². The second-order valence-electron chi connectivity index (χ2n) is 6.56. The van der Waals surface area contributed by atoms with Crippen molar-refractivity contribution in [3.8, 4) is 0 Å². The molecule has 3 nitrogen and oxygen atoms in total. The lowest BCUT2D eigenvalue weighted by Crippen LogP contribution is -2.45. The van der Waals surface area contributed by atoms with Gasteiger partial charge in [-0.05, 0) is 31.7 Å². The number of benzene rings is 1. The van der Waals surface area contributed by atoms with Crippen LogP contribution < -0.4 is 5.32 Å². The summed E-state index contributed by atoms with van der Waals surface area (Å²) < 4.78 is 0. The molecule has 0 spiro atoms. The fraction of sp³-hybridized carbons (Fsp3) is 0.667. The van der Waals surface area contributed by atoms with E-state index in [1.807, 2.05) is 18.2 Å². The second-order valence-corrected chi connectivity index (χ2v) is 6.56. The van der Waals surface area contributed by atoms with Crippen LogP contribution in [0.25, 0.3) is 0 Å². The molecule has 3 rings (SSSR count). The minimum Gasteiger partial charge on any atom is -0.392 e. The van der Waals surface area contributed by atoms with E-state index in [-0.39, 0.29) is 6.61 Å². The number of aliphatic hydroxyl groups is 1. The van der Waals surface area contributed by atoms with Gasteiger partial charge in [-0.3, -0.25) is 0 Å². The first-order chi connectivity index (χ1) is 10.4. The molecule has 1 saturated heterocycles. The molecule has 2 N–H and O–H groups in total. The second kappa shape index (κ2) is 7.28. The number of rotatable bonds is 4. The van der Waals surface area contributed by atoms with Gasteiger partial charge in [-0.1, -0.05) is 37.5 Å². The van der Waals surface area contributed by atoms with Crippen molar-refractivity contribution in [1.29, 1.82) is 0 Å². The first kappa shape index (κ1) is 14.9. The Morgan fingerprint density at radius 1 is 1.00 bits per heavy atom. The molecule has 0 aromatic heterocycles. The molecule has 0 atom stereocenters. The summed E-state index contributed by atoms with van der Waals surface area (Å²) in [7, 11) is 0. The Bertz CT molecular complexity index is 435. The SMILES string of the molecule is OCc1ccccc1NC1CCN(C2CCCCC2)CC1. The highest BCUT2D eigenvalue weighted by Gasteiger charge is 2.26. The van der Waals surface area contributed by atoms with Gasteiger partial charge in [0.25, 0.3) is 0 Å². The molecule has 1 saturated carbocycles. The van der Waals surface area contributed by atoms with E-state index in [2.05, 4.69) is 16.3 Å². The molecule has 1 heterocycles. The highest BCUT2D eigenvalue weighted by molar-refractivity contribution is 5.51. The van der Waals surface area contributed by atoms with Gasteiger partial charge in [0.1, 0.15) is 0 Å². The Labute approximate surface area is 128 Å². The van der Waals surface area contributed by atoms with Gasteiger partial charge in [-0.25, -0.2) is 0 Å². The van der Waals surface area contributed by atoms with E-state index in [4.69, 9.17) is 0 Å². The lowest BCUT2D eigenvalue weighted by molar-refractivity contribution is 0.126. The van der Waals surface area contributed by atoms with E-state index in [1.54, 1.807) is 0 Å². The predicted octanol–water partition coefficient (Wildman–Crippen LogP) is 3.39. The van der Waals surface area contributed by atoms with Crippen molar-refractivity contribution >= 4 is 5.69 Å². The molecule has 1 aromatic rings. The lowest BCUT2D eigenvalue weighted by atomic mass is 9.92. The summed E-state index contributed by atoms with van der Waals surface area (Å²) in [4.78, 5) is 2.72. The zero-order valence-electron chi connectivity index (χ0n) is 12.9. The van der Waals surface area contributed by atoms with Gasteiger partial charge < -0.3 is 15.3 Å². The van der Waals surface area contributed by atoms with Crippen molar-refractivity contribution in [3.05, 3.63) is 29.8 Å². The van der Waals surface area contributed by atoms with Gasteiger partial charge in [0.15, 0.2) is 0 Å². The summed E-state index contributed by atoms with van der Waals surface area (Å²) in [6.45, 7) is 2.57. The lowest BCUT2D eigenvalue weighted by Gasteiger charge is -2.39. The number of hydrogen-bond donors (Lipinski definition) is 2. The largest absolute Gasteiger partial charge is 0.392 e. The van der Waals surface area contributed by atoms with Crippen molar-refractivity contribution < 1.29 is 5.11 Å². The summed E-state index contributed by atoms with van der Waals surface area (Å²) in [5.41, 5.74) is 2.11. The van der Waals surface area contributed by atoms with Gasteiger partial charge in [0.2, 0.25) is 0 Å². The number of anilines is 1. The van der Waals surface area contributed by atoms with Gasteiger partial charge >= 0.3 is 0 Å². The summed E-state index contributed by atoms with van der Waals surface area (Å²) in [5.74, 6) is 0. The van der Waals surface area contributed by atoms with Crippen LogP contribution in [0.2, 0.25) is 0 Å². The Morgan fingerprint density at radius 3 is 2.43 bits per heavy atom. The predicted molar refractivity (Wildman–Crippen MR) is 87.5 cm³/mol. The number of likely N-dealkylation sites (tertiary alicyclic amines) is 1. The maximum atomic E-state index is 9.41. The summed E-state index contributed by atoms with van der Waals surface area (Å²) >= 11 is 0. The van der Waals surface area contributed by atoms with Crippen molar-refractivity contribution in [2.24, 2.45) is 0 Å². The highest BCUT2D eigenvalue weighted by Crippen LogP contribution is 2.26. The molecule has 21 heavy (non-hydrogen) atoms. The van der Waals surface area contributed by atoms with Crippen molar-refractivity contribution in [1.82, 2.24) is 4.90 Å². The first-order valence-electron chi connectivity index (χ1n) is 8.56. The highest BCUT2D eigenvalue weighted by atomic mass is 16.3. The Hall–Kier alpha value is -1.06. The first-order valence-corrected chi connectivity index (χ1v) is 8.56. The van der Waals surface area contributed by atoms with Crippen LogP contribution in [0.15, 0.2) is 24.3 Å². The number of piperidine rings is 1. The molecule has 116 valence electrons. The van der Waals surface area contributed by atoms with E-state index in [0.29, 0.717) is 6.04 Å². The maximum absolute atomic E-state index is 9.41. The third kappa shape index (κ3) is 3.78. The fourth-order valence-electron chi connectivity index (χ4n) is 3.87. The monoisotopic (exact) mass is 288 g/mol. The molecular formula is C18H28N2O. The zero-order chi connectivity index (χ0) is 14.5. The van der Waals surface area contributed by atoms with E-state index < -0.39 is 0 Å². The molecule has 1 aromatic carbocycles. The fourth-order valence-corrected chi connectivity index (χ4v) is 3.87. The van der Waals surface area contributed by atoms with Gasteiger partial charge in [0.05, 0.1) is 6.61 Å². The van der Waals surface area contributed by atoms with Crippen LogP contribution in [0.5, 0.6) is 0 Å². The molecule has 2 aliphatic rings. The minimum atomic E-state index is 0.115. The third-order valence-electron chi connectivity index (χ3n) is 5.17. The standard InChI is InChI=1S/C18H28N2O/c21-14-15-6-4-5-9-18(15)19-16-10-12-20(13-11-16)17-7-2-1-3-8-17/h4-6,9,16-17,19,21H,1-3,7-8,10-14H2. The Kier molecular flexibility index (Phi) is 5.15. The number of nitrogens with one attached hydrogen (secondary N) is 1. The van der Waals surface area contributed by atoms with Crippen LogP contribution in [-0.2, 0) is 6.61 Å². The topological polar surface area (TPSA) is 35.5 Å². The van der Waals surface area contributed by atoms with Crippen molar-refractivity contribution in [3.63, 3.8) is 0 Å².